The molecule has 4 rings (SSSR count). The second-order valence-electron chi connectivity index (χ2n) is 10.9. The fraction of sp³-hybridized carbons (Fsp3) is 0.556. The van der Waals surface area contributed by atoms with E-state index < -0.39 is 62.5 Å². The van der Waals surface area contributed by atoms with Gasteiger partial charge in [0.1, 0.15) is 29.3 Å². The van der Waals surface area contributed by atoms with Gasteiger partial charge in [-0.2, -0.15) is 5.09 Å². The summed E-state index contributed by atoms with van der Waals surface area (Å²) >= 11 is 6.26. The van der Waals surface area contributed by atoms with Crippen LogP contribution >= 0.6 is 19.3 Å². The van der Waals surface area contributed by atoms with Gasteiger partial charge in [0, 0.05) is 6.04 Å². The van der Waals surface area contributed by atoms with E-state index in [4.69, 9.17) is 30.1 Å². The summed E-state index contributed by atoms with van der Waals surface area (Å²) in [4.78, 5) is 25.6. The smallest absolute Gasteiger partial charge is 0.459 e. The van der Waals surface area contributed by atoms with Gasteiger partial charge in [-0.3, -0.25) is 13.9 Å². The largest absolute Gasteiger partial charge is 0.462 e. The van der Waals surface area contributed by atoms with Crippen molar-refractivity contribution in [2.75, 3.05) is 17.8 Å². The number of halogens is 2. The van der Waals surface area contributed by atoms with Crippen LogP contribution in [-0.4, -0.2) is 79.1 Å². The summed E-state index contributed by atoms with van der Waals surface area (Å²) in [6.45, 7) is 9.67. The number of nitrogens with one attached hydrogen (secondary N) is 2. The van der Waals surface area contributed by atoms with Gasteiger partial charge in [0.05, 0.1) is 24.9 Å². The monoisotopic (exact) mass is 642 g/mol. The van der Waals surface area contributed by atoms with Gasteiger partial charge in [-0.1, -0.05) is 18.2 Å². The number of alkyl halides is 2. The highest BCUT2D eigenvalue weighted by Crippen LogP contribution is 2.49. The first-order chi connectivity index (χ1) is 20.3. The molecular weight excluding hydrogens is 606 g/mol. The number of hydrogen-bond acceptors (Lipinski definition) is 11. The van der Waals surface area contributed by atoms with E-state index in [1.54, 1.807) is 39.0 Å². The zero-order valence-corrected chi connectivity index (χ0v) is 26.4. The van der Waals surface area contributed by atoms with Crippen LogP contribution in [0.15, 0.2) is 36.7 Å². The molecule has 16 heteroatoms. The molecule has 0 spiro atoms. The molecule has 3 aromatic rings. The number of carbonyl (C=O) groups is 1. The number of fused-ring (bicyclic) bond motifs is 1. The first-order valence-corrected chi connectivity index (χ1v) is 15.9. The molecule has 0 bridgehead atoms. The molecular formula is C27H37ClFN6O7P. The van der Waals surface area contributed by atoms with Gasteiger partial charge in [0.25, 0.3) is 0 Å². The molecule has 13 nitrogen and oxygen atoms in total. The molecule has 3 N–H and O–H groups in total. The fourth-order valence-electron chi connectivity index (χ4n) is 4.41. The third-order valence-corrected chi connectivity index (χ3v) is 8.51. The topological polar surface area (TPSA) is 159 Å². The zero-order valence-electron chi connectivity index (χ0n) is 24.7. The molecule has 6 atom stereocenters. The molecule has 0 amide bonds. The highest BCUT2D eigenvalue weighted by molar-refractivity contribution is 7.52. The van der Waals surface area contributed by atoms with Crippen LogP contribution < -0.4 is 14.9 Å². The molecule has 43 heavy (non-hydrogen) atoms. The number of aryl methyl sites for hydroxylation is 1. The lowest BCUT2D eigenvalue weighted by Crippen LogP contribution is -2.48. The average Bonchev–Trinajstić information content (AvgIpc) is 3.46. The lowest BCUT2D eigenvalue weighted by molar-refractivity contribution is -0.149. The Labute approximate surface area is 254 Å². The van der Waals surface area contributed by atoms with Crippen LogP contribution in [0.3, 0.4) is 0 Å². The predicted octanol–water partition coefficient (Wildman–Crippen LogP) is 4.29. The zero-order chi connectivity index (χ0) is 31.5. The molecule has 1 aliphatic heterocycles. The first-order valence-electron chi connectivity index (χ1n) is 13.8. The van der Waals surface area contributed by atoms with E-state index in [1.807, 2.05) is 13.8 Å². The molecule has 2 aromatic heterocycles. The number of rotatable bonds is 13. The molecule has 1 fully saturated rings. The van der Waals surface area contributed by atoms with Gasteiger partial charge in [0.15, 0.2) is 29.4 Å². The fourth-order valence-corrected chi connectivity index (χ4v) is 6.26. The van der Waals surface area contributed by atoms with E-state index in [9.17, 15) is 14.5 Å². The molecule has 236 valence electrons. The van der Waals surface area contributed by atoms with Crippen molar-refractivity contribution < 1.29 is 37.4 Å². The Balaban J connectivity index is 1.61. The Morgan fingerprint density at radius 3 is 2.56 bits per heavy atom. The number of carbonyl (C=O) groups excluding carboxylic acids is 1. The number of aliphatic hydroxyl groups is 1. The minimum atomic E-state index is -4.37. The number of benzene rings is 1. The van der Waals surface area contributed by atoms with Crippen molar-refractivity contribution >= 4 is 42.3 Å². The van der Waals surface area contributed by atoms with Crippen LogP contribution in [0.2, 0.25) is 0 Å². The molecule has 0 aliphatic carbocycles. The maximum atomic E-state index is 15.8. The van der Waals surface area contributed by atoms with Gasteiger partial charge in [-0.05, 0) is 53.7 Å². The van der Waals surface area contributed by atoms with Crippen molar-refractivity contribution in [3.63, 3.8) is 0 Å². The maximum absolute atomic E-state index is 15.8. The Kier molecular flexibility index (Phi) is 10.3. The predicted molar refractivity (Wildman–Crippen MR) is 158 cm³/mol. The second kappa shape index (κ2) is 13.4. The molecule has 3 heterocycles. The number of hydrogen-bond donors (Lipinski definition) is 3. The Hall–Kier alpha value is -2.87. The number of ether oxygens (including phenoxy) is 2. The second-order valence-corrected chi connectivity index (χ2v) is 12.8. The Bertz CT molecular complexity index is 1460. The van der Waals surface area contributed by atoms with Crippen molar-refractivity contribution in [2.45, 2.75) is 83.8 Å². The van der Waals surface area contributed by atoms with Crippen molar-refractivity contribution in [1.29, 1.82) is 0 Å². The number of imidazole rings is 1. The molecule has 1 aliphatic rings. The molecule has 1 aromatic carbocycles. The van der Waals surface area contributed by atoms with E-state index >= 15 is 4.39 Å². The third-order valence-electron chi connectivity index (χ3n) is 6.43. The quantitative estimate of drug-likeness (QED) is 0.138. The van der Waals surface area contributed by atoms with Crippen LogP contribution in [0.25, 0.3) is 11.2 Å². The summed E-state index contributed by atoms with van der Waals surface area (Å²) < 4.78 is 53.7. The van der Waals surface area contributed by atoms with E-state index in [0.29, 0.717) is 17.2 Å². The van der Waals surface area contributed by atoms with E-state index in [2.05, 4.69) is 25.4 Å². The lowest BCUT2D eigenvalue weighted by atomic mass is 9.99. The minimum Gasteiger partial charge on any atom is -0.462 e. The number of nitrogens with zero attached hydrogens (tertiary/aromatic N) is 4. The number of anilines is 1. The van der Waals surface area contributed by atoms with Gasteiger partial charge < -0.3 is 24.4 Å². The first kappa shape index (κ1) is 33.0. The highest BCUT2D eigenvalue weighted by Gasteiger charge is 2.57. The number of esters is 1. The van der Waals surface area contributed by atoms with Crippen molar-refractivity contribution in [3.8, 4) is 5.75 Å². The summed E-state index contributed by atoms with van der Waals surface area (Å²) in [5.41, 5.74) is -1.21. The van der Waals surface area contributed by atoms with E-state index in [-0.39, 0.29) is 17.4 Å². The molecule has 0 saturated carbocycles. The summed E-state index contributed by atoms with van der Waals surface area (Å²) in [6, 6.07) is 7.04. The van der Waals surface area contributed by atoms with Gasteiger partial charge >= 0.3 is 13.7 Å². The van der Waals surface area contributed by atoms with Crippen molar-refractivity contribution in [1.82, 2.24) is 24.6 Å². The normalized spacial score (nSPS) is 24.3. The molecule has 1 saturated heterocycles. The van der Waals surface area contributed by atoms with Crippen molar-refractivity contribution in [2.24, 2.45) is 0 Å². The van der Waals surface area contributed by atoms with E-state index in [0.717, 1.165) is 0 Å². The van der Waals surface area contributed by atoms with Crippen LogP contribution in [0.1, 0.15) is 46.7 Å². The summed E-state index contributed by atoms with van der Waals surface area (Å²) in [5.74, 6) is -0.0927. The maximum Gasteiger partial charge on any atom is 0.459 e. The number of para-hydroxylation sites is 1. The summed E-state index contributed by atoms with van der Waals surface area (Å²) in [6.07, 6.45) is -4.30. The molecule has 0 radical (unpaired) electrons. The number of aromatic nitrogens is 4. The average molecular weight is 643 g/mol. The van der Waals surface area contributed by atoms with Gasteiger partial charge in [-0.15, -0.1) is 11.6 Å². The van der Waals surface area contributed by atoms with Crippen LogP contribution in [-0.2, 0) is 23.4 Å². The Morgan fingerprint density at radius 1 is 1.23 bits per heavy atom. The van der Waals surface area contributed by atoms with Crippen LogP contribution in [0, 0.1) is 6.92 Å². The third kappa shape index (κ3) is 7.44. The van der Waals surface area contributed by atoms with Crippen LogP contribution in [0.5, 0.6) is 5.75 Å². The number of aliphatic hydroxyl groups excluding tert-OH is 1. The van der Waals surface area contributed by atoms with Gasteiger partial charge in [-0.25, -0.2) is 23.9 Å². The summed E-state index contributed by atoms with van der Waals surface area (Å²) in [7, 11) is -4.37. The molecule has 0 unspecified atom stereocenters. The van der Waals surface area contributed by atoms with Crippen LogP contribution in [0.4, 0.5) is 10.2 Å². The van der Waals surface area contributed by atoms with E-state index in [1.165, 1.54) is 30.0 Å². The highest BCUT2D eigenvalue weighted by atomic mass is 35.5. The van der Waals surface area contributed by atoms with Gasteiger partial charge in [0.2, 0.25) is 0 Å². The SMILES string of the molecule is Cc1nc(NC(C)C)c2ncn([C@@H]3O[C@](CCl)(CO[P@](=O)(N[C@@H](C)C(=O)OC(C)C)Oc4ccccc4)[C@@H](O)[C@@H]3F)c2n1. The minimum absolute atomic E-state index is 0.0412. The lowest BCUT2D eigenvalue weighted by Gasteiger charge is -2.31. The standard InChI is InChI=1S/C27H37ClFN6O7P/c1-15(2)31-23-21-24(33-18(6)32-23)35(14-30-21)25-20(29)22(36)27(12-28,41-25)13-39-43(38,42-19-10-8-7-9-11-19)34-17(5)26(37)40-16(3)4/h7-11,14-17,20,22,25,36H,12-13H2,1-6H3,(H,34,38)(H,31,32,33)/t17-,20-,22-,25+,27+,43+/m0/s1. The van der Waals surface area contributed by atoms with Crippen molar-refractivity contribution in [3.05, 3.63) is 42.5 Å². The Morgan fingerprint density at radius 2 is 1.93 bits per heavy atom. The summed E-state index contributed by atoms with van der Waals surface area (Å²) in [5, 5.41) is 16.8.